The predicted molar refractivity (Wildman–Crippen MR) is 78.1 cm³/mol. The predicted octanol–water partition coefficient (Wildman–Crippen LogP) is 2.62. The number of aliphatic hydroxyl groups is 1. The standard InChI is InChI=1S/C16H25NO2/c1-11-6-5-7-15(9-11)14(4)16(19)17-10-12(2)8-13(3)18/h5-7,9,12-14,18H,8,10H2,1-4H3,(H,17,19). The fraction of sp³-hybridized carbons (Fsp3) is 0.562. The van der Waals surface area contributed by atoms with Crippen molar-refractivity contribution in [1.29, 1.82) is 0 Å². The van der Waals surface area contributed by atoms with Gasteiger partial charge in [-0.15, -0.1) is 0 Å². The maximum Gasteiger partial charge on any atom is 0.227 e. The van der Waals surface area contributed by atoms with Gasteiger partial charge in [0.1, 0.15) is 0 Å². The summed E-state index contributed by atoms with van der Waals surface area (Å²) < 4.78 is 0. The van der Waals surface area contributed by atoms with E-state index >= 15 is 0 Å². The van der Waals surface area contributed by atoms with Crippen molar-refractivity contribution < 1.29 is 9.90 Å². The van der Waals surface area contributed by atoms with Crippen LogP contribution in [0.15, 0.2) is 24.3 Å². The average Bonchev–Trinajstić information content (AvgIpc) is 2.34. The topological polar surface area (TPSA) is 49.3 Å². The average molecular weight is 263 g/mol. The highest BCUT2D eigenvalue weighted by Gasteiger charge is 2.16. The molecular formula is C16H25NO2. The lowest BCUT2D eigenvalue weighted by Crippen LogP contribution is -2.32. The Morgan fingerprint density at radius 2 is 2.00 bits per heavy atom. The molecule has 0 heterocycles. The van der Waals surface area contributed by atoms with E-state index < -0.39 is 0 Å². The van der Waals surface area contributed by atoms with Crippen molar-refractivity contribution in [3.63, 3.8) is 0 Å². The summed E-state index contributed by atoms with van der Waals surface area (Å²) in [5.41, 5.74) is 2.21. The molecule has 1 amide bonds. The molecule has 0 bridgehead atoms. The van der Waals surface area contributed by atoms with Crippen LogP contribution in [-0.4, -0.2) is 23.7 Å². The van der Waals surface area contributed by atoms with Gasteiger partial charge in [0.05, 0.1) is 12.0 Å². The van der Waals surface area contributed by atoms with Crippen LogP contribution in [0.1, 0.15) is 44.2 Å². The normalized spacial score (nSPS) is 15.6. The summed E-state index contributed by atoms with van der Waals surface area (Å²) in [6.45, 7) is 8.36. The first-order valence-corrected chi connectivity index (χ1v) is 6.92. The van der Waals surface area contributed by atoms with Crippen molar-refractivity contribution in [3.8, 4) is 0 Å². The zero-order valence-electron chi connectivity index (χ0n) is 12.3. The van der Waals surface area contributed by atoms with Gasteiger partial charge in [0.2, 0.25) is 5.91 Å². The van der Waals surface area contributed by atoms with E-state index in [2.05, 4.69) is 5.32 Å². The third kappa shape index (κ3) is 5.43. The second-order valence-corrected chi connectivity index (χ2v) is 5.57. The number of rotatable bonds is 6. The number of carbonyl (C=O) groups excluding carboxylic acids is 1. The highest BCUT2D eigenvalue weighted by atomic mass is 16.3. The van der Waals surface area contributed by atoms with Crippen LogP contribution in [0.5, 0.6) is 0 Å². The fourth-order valence-electron chi connectivity index (χ4n) is 2.18. The van der Waals surface area contributed by atoms with Crippen LogP contribution in [-0.2, 0) is 4.79 Å². The third-order valence-electron chi connectivity index (χ3n) is 3.30. The van der Waals surface area contributed by atoms with E-state index in [1.54, 1.807) is 6.92 Å². The van der Waals surface area contributed by atoms with E-state index in [4.69, 9.17) is 0 Å². The molecule has 3 nitrogen and oxygen atoms in total. The molecule has 0 spiro atoms. The number of carbonyl (C=O) groups is 1. The molecule has 0 fully saturated rings. The molecule has 1 aromatic carbocycles. The summed E-state index contributed by atoms with van der Waals surface area (Å²) >= 11 is 0. The van der Waals surface area contributed by atoms with Crippen LogP contribution < -0.4 is 5.32 Å². The largest absolute Gasteiger partial charge is 0.393 e. The van der Waals surface area contributed by atoms with Crippen LogP contribution in [0.25, 0.3) is 0 Å². The molecule has 0 aliphatic heterocycles. The zero-order chi connectivity index (χ0) is 14.4. The van der Waals surface area contributed by atoms with Crippen molar-refractivity contribution in [3.05, 3.63) is 35.4 Å². The maximum atomic E-state index is 12.1. The van der Waals surface area contributed by atoms with E-state index in [0.29, 0.717) is 13.0 Å². The molecule has 0 aromatic heterocycles. The monoisotopic (exact) mass is 263 g/mol. The molecule has 2 N–H and O–H groups in total. The lowest BCUT2D eigenvalue weighted by molar-refractivity contribution is -0.122. The van der Waals surface area contributed by atoms with Gasteiger partial charge in [0.25, 0.3) is 0 Å². The number of benzene rings is 1. The van der Waals surface area contributed by atoms with Gasteiger partial charge in [0, 0.05) is 6.54 Å². The Balaban J connectivity index is 2.49. The molecule has 3 heteroatoms. The highest BCUT2D eigenvalue weighted by Crippen LogP contribution is 2.16. The molecule has 0 aliphatic carbocycles. The van der Waals surface area contributed by atoms with E-state index in [0.717, 1.165) is 5.56 Å². The summed E-state index contributed by atoms with van der Waals surface area (Å²) in [7, 11) is 0. The van der Waals surface area contributed by atoms with E-state index in [9.17, 15) is 9.90 Å². The molecule has 0 saturated heterocycles. The summed E-state index contributed by atoms with van der Waals surface area (Å²) in [5.74, 6) is 0.190. The lowest BCUT2D eigenvalue weighted by Gasteiger charge is -2.17. The molecule has 0 radical (unpaired) electrons. The smallest absolute Gasteiger partial charge is 0.227 e. The Kier molecular flexibility index (Phi) is 6.03. The highest BCUT2D eigenvalue weighted by molar-refractivity contribution is 5.83. The summed E-state index contributed by atoms with van der Waals surface area (Å²) in [4.78, 5) is 12.1. The third-order valence-corrected chi connectivity index (χ3v) is 3.30. The van der Waals surface area contributed by atoms with Crippen molar-refractivity contribution in [2.75, 3.05) is 6.54 Å². The van der Waals surface area contributed by atoms with E-state index in [1.807, 2.05) is 45.0 Å². The molecule has 106 valence electrons. The fourth-order valence-corrected chi connectivity index (χ4v) is 2.18. The van der Waals surface area contributed by atoms with Gasteiger partial charge in [0.15, 0.2) is 0 Å². The number of aryl methyl sites for hydroxylation is 1. The Bertz CT molecular complexity index is 415. The number of amides is 1. The number of nitrogens with one attached hydrogen (secondary N) is 1. The number of aliphatic hydroxyl groups excluding tert-OH is 1. The van der Waals surface area contributed by atoms with Crippen molar-refractivity contribution >= 4 is 5.91 Å². The van der Waals surface area contributed by atoms with Gasteiger partial charge < -0.3 is 10.4 Å². The van der Waals surface area contributed by atoms with Gasteiger partial charge in [-0.3, -0.25) is 4.79 Å². The summed E-state index contributed by atoms with van der Waals surface area (Å²) in [6.07, 6.45) is 0.389. The van der Waals surface area contributed by atoms with Crippen molar-refractivity contribution in [1.82, 2.24) is 5.32 Å². The van der Waals surface area contributed by atoms with E-state index in [1.165, 1.54) is 5.56 Å². The number of hydrogen-bond acceptors (Lipinski definition) is 2. The molecule has 1 rings (SSSR count). The molecule has 0 saturated carbocycles. The summed E-state index contributed by atoms with van der Waals surface area (Å²) in [5, 5.41) is 12.2. The van der Waals surface area contributed by atoms with Crippen LogP contribution in [0.2, 0.25) is 0 Å². The van der Waals surface area contributed by atoms with Gasteiger partial charge in [-0.25, -0.2) is 0 Å². The molecule has 1 aromatic rings. The van der Waals surface area contributed by atoms with Gasteiger partial charge in [-0.2, -0.15) is 0 Å². The minimum Gasteiger partial charge on any atom is -0.393 e. The second-order valence-electron chi connectivity index (χ2n) is 5.57. The summed E-state index contributed by atoms with van der Waals surface area (Å²) in [6, 6.07) is 8.03. The Morgan fingerprint density at radius 1 is 1.32 bits per heavy atom. The molecule has 0 aliphatic rings. The van der Waals surface area contributed by atoms with Gasteiger partial charge in [-0.05, 0) is 38.7 Å². The van der Waals surface area contributed by atoms with Crippen LogP contribution in [0, 0.1) is 12.8 Å². The molecule has 3 unspecified atom stereocenters. The number of hydrogen-bond donors (Lipinski definition) is 2. The Labute approximate surface area is 116 Å². The SMILES string of the molecule is Cc1cccc(C(C)C(=O)NCC(C)CC(C)O)c1. The van der Waals surface area contributed by atoms with Crippen molar-refractivity contribution in [2.24, 2.45) is 5.92 Å². The zero-order valence-corrected chi connectivity index (χ0v) is 12.3. The second kappa shape index (κ2) is 7.29. The lowest BCUT2D eigenvalue weighted by atomic mass is 9.98. The maximum absolute atomic E-state index is 12.1. The first-order chi connectivity index (χ1) is 8.90. The van der Waals surface area contributed by atoms with Crippen LogP contribution >= 0.6 is 0 Å². The minimum atomic E-state index is -0.318. The van der Waals surface area contributed by atoms with Crippen molar-refractivity contribution in [2.45, 2.75) is 46.1 Å². The molecular weight excluding hydrogens is 238 g/mol. The molecule has 3 atom stereocenters. The molecule has 19 heavy (non-hydrogen) atoms. The minimum absolute atomic E-state index is 0.0445. The Hall–Kier alpha value is -1.35. The Morgan fingerprint density at radius 3 is 2.58 bits per heavy atom. The van der Waals surface area contributed by atoms with Gasteiger partial charge >= 0.3 is 0 Å². The van der Waals surface area contributed by atoms with Crippen LogP contribution in [0.3, 0.4) is 0 Å². The first kappa shape index (κ1) is 15.7. The first-order valence-electron chi connectivity index (χ1n) is 6.92. The quantitative estimate of drug-likeness (QED) is 0.829. The van der Waals surface area contributed by atoms with Crippen LogP contribution in [0.4, 0.5) is 0 Å². The van der Waals surface area contributed by atoms with Gasteiger partial charge in [-0.1, -0.05) is 36.8 Å². The van der Waals surface area contributed by atoms with E-state index in [-0.39, 0.29) is 23.8 Å².